The van der Waals surface area contributed by atoms with Gasteiger partial charge in [0.15, 0.2) is 5.17 Å². The Hall–Kier alpha value is -0.930. The highest BCUT2D eigenvalue weighted by Crippen LogP contribution is 2.47. The van der Waals surface area contributed by atoms with Gasteiger partial charge in [0.25, 0.3) is 0 Å². The highest BCUT2D eigenvalue weighted by molar-refractivity contribution is 8.17. The van der Waals surface area contributed by atoms with Crippen LogP contribution in [-0.2, 0) is 0 Å². The maximum atomic E-state index is 6.17. The molecule has 1 heterocycles. The van der Waals surface area contributed by atoms with Crippen LogP contribution >= 0.6 is 23.4 Å². The molecule has 20 heavy (non-hydrogen) atoms. The molecule has 0 atom stereocenters. The Morgan fingerprint density at radius 1 is 1.30 bits per heavy atom. The zero-order valence-corrected chi connectivity index (χ0v) is 13.3. The minimum Gasteiger partial charge on any atom is -0.334 e. The molecule has 0 amide bonds. The molecule has 0 radical (unpaired) electrons. The highest BCUT2D eigenvalue weighted by Gasteiger charge is 2.40. The van der Waals surface area contributed by atoms with Gasteiger partial charge >= 0.3 is 0 Å². The first-order valence-electron chi connectivity index (χ1n) is 7.10. The van der Waals surface area contributed by atoms with Crippen LogP contribution in [0.15, 0.2) is 34.7 Å². The van der Waals surface area contributed by atoms with E-state index in [1.54, 1.807) is 11.8 Å². The minimum atomic E-state index is -0.0161. The van der Waals surface area contributed by atoms with Crippen molar-refractivity contribution in [1.82, 2.24) is 0 Å². The fraction of sp³-hybridized carbons (Fsp3) is 0.438. The Bertz CT molecular complexity index is 574. The summed E-state index contributed by atoms with van der Waals surface area (Å²) in [5.74, 6) is 0. The molecular weight excluding hydrogens is 288 g/mol. The number of nitrogens with one attached hydrogen (secondary N) is 1. The van der Waals surface area contributed by atoms with Crippen molar-refractivity contribution in [2.45, 2.75) is 44.6 Å². The average molecular weight is 307 g/mol. The topological polar surface area (TPSA) is 24.4 Å². The van der Waals surface area contributed by atoms with Crippen molar-refractivity contribution in [3.05, 3.63) is 40.3 Å². The lowest BCUT2D eigenvalue weighted by Crippen LogP contribution is -2.28. The Balaban J connectivity index is 1.83. The molecule has 1 saturated carbocycles. The van der Waals surface area contributed by atoms with E-state index < -0.39 is 0 Å². The molecule has 1 spiro atoms. The second-order valence-electron chi connectivity index (χ2n) is 5.57. The molecule has 1 aromatic carbocycles. The zero-order chi connectivity index (χ0) is 14.2. The van der Waals surface area contributed by atoms with Crippen molar-refractivity contribution in [3.63, 3.8) is 0 Å². The van der Waals surface area contributed by atoms with Crippen LogP contribution in [0.4, 0.5) is 5.69 Å². The first-order valence-corrected chi connectivity index (χ1v) is 8.29. The van der Waals surface area contributed by atoms with Crippen molar-refractivity contribution >= 4 is 34.2 Å². The van der Waals surface area contributed by atoms with Crippen LogP contribution in [0.2, 0.25) is 5.02 Å². The quantitative estimate of drug-likeness (QED) is 0.753. The van der Waals surface area contributed by atoms with Crippen LogP contribution in [0, 0.1) is 6.92 Å². The number of rotatable bonds is 1. The van der Waals surface area contributed by atoms with Crippen molar-refractivity contribution in [2.75, 3.05) is 5.32 Å². The second kappa shape index (κ2) is 5.45. The number of anilines is 1. The smallest absolute Gasteiger partial charge is 0.166 e. The van der Waals surface area contributed by atoms with Gasteiger partial charge < -0.3 is 5.32 Å². The third kappa shape index (κ3) is 2.49. The van der Waals surface area contributed by atoms with Crippen molar-refractivity contribution in [1.29, 1.82) is 0 Å². The molecule has 1 fully saturated rings. The number of amidine groups is 1. The predicted octanol–water partition coefficient (Wildman–Crippen LogP) is 5.38. The van der Waals surface area contributed by atoms with Gasteiger partial charge in [0.1, 0.15) is 0 Å². The molecule has 0 bridgehead atoms. The summed E-state index contributed by atoms with van der Waals surface area (Å²) < 4.78 is 0. The average Bonchev–Trinajstić information content (AvgIpc) is 2.72. The van der Waals surface area contributed by atoms with Gasteiger partial charge in [-0.25, -0.2) is 4.99 Å². The second-order valence-corrected chi connectivity index (χ2v) is 7.06. The van der Waals surface area contributed by atoms with Crippen LogP contribution < -0.4 is 5.32 Å². The Morgan fingerprint density at radius 3 is 2.80 bits per heavy atom. The summed E-state index contributed by atoms with van der Waals surface area (Å²) in [6, 6.07) is 5.91. The van der Waals surface area contributed by atoms with E-state index in [0.29, 0.717) is 0 Å². The molecule has 0 saturated heterocycles. The van der Waals surface area contributed by atoms with E-state index in [0.717, 1.165) is 34.3 Å². The molecule has 106 valence electrons. The summed E-state index contributed by atoms with van der Waals surface area (Å²) in [7, 11) is 0. The van der Waals surface area contributed by atoms with E-state index in [1.807, 2.05) is 25.1 Å². The number of nitrogens with zero attached hydrogens (tertiary/aromatic N) is 1. The maximum Gasteiger partial charge on any atom is 0.166 e. The number of benzene rings is 1. The summed E-state index contributed by atoms with van der Waals surface area (Å²) in [4.78, 5) is 6.15. The first kappa shape index (κ1) is 14.0. The lowest BCUT2D eigenvalue weighted by molar-refractivity contribution is 0.360. The van der Waals surface area contributed by atoms with Crippen molar-refractivity contribution in [3.8, 4) is 0 Å². The molecule has 3 rings (SSSR count). The van der Waals surface area contributed by atoms with E-state index in [-0.39, 0.29) is 5.54 Å². The Morgan fingerprint density at radius 2 is 2.05 bits per heavy atom. The zero-order valence-electron chi connectivity index (χ0n) is 11.7. The molecule has 1 aliphatic heterocycles. The van der Waals surface area contributed by atoms with Gasteiger partial charge in [0, 0.05) is 15.6 Å². The van der Waals surface area contributed by atoms with Crippen LogP contribution in [0.25, 0.3) is 0 Å². The Labute approximate surface area is 129 Å². The molecule has 2 aliphatic rings. The predicted molar refractivity (Wildman–Crippen MR) is 89.8 cm³/mol. The third-order valence-corrected chi connectivity index (χ3v) is 5.67. The molecule has 0 aromatic heterocycles. The van der Waals surface area contributed by atoms with Gasteiger partial charge in [-0.2, -0.15) is 0 Å². The van der Waals surface area contributed by atoms with Gasteiger partial charge in [0.2, 0.25) is 0 Å². The standard InChI is InChI=1S/C16H19ClN2S/c1-11-13(17)7-6-8-14(11)18-15-19-16(12(2)20-15)9-4-3-5-10-16/h6-8H,2-5,9-10H2,1H3,(H,18,19). The van der Waals surface area contributed by atoms with Crippen LogP contribution in [0.5, 0.6) is 0 Å². The Kier molecular flexibility index (Phi) is 3.83. The molecule has 1 N–H and O–H groups in total. The molecule has 1 aliphatic carbocycles. The number of hydrogen-bond acceptors (Lipinski definition) is 3. The van der Waals surface area contributed by atoms with Crippen LogP contribution in [0.1, 0.15) is 37.7 Å². The fourth-order valence-corrected chi connectivity index (χ4v) is 4.16. The highest BCUT2D eigenvalue weighted by atomic mass is 35.5. The first-order chi connectivity index (χ1) is 9.61. The van der Waals surface area contributed by atoms with E-state index in [9.17, 15) is 0 Å². The lowest BCUT2D eigenvalue weighted by Gasteiger charge is -2.30. The van der Waals surface area contributed by atoms with E-state index in [1.165, 1.54) is 24.2 Å². The van der Waals surface area contributed by atoms with E-state index in [4.69, 9.17) is 16.6 Å². The molecule has 0 unspecified atom stereocenters. The van der Waals surface area contributed by atoms with Crippen molar-refractivity contribution in [2.24, 2.45) is 4.99 Å². The van der Waals surface area contributed by atoms with Crippen LogP contribution in [0.3, 0.4) is 0 Å². The van der Waals surface area contributed by atoms with Gasteiger partial charge in [-0.3, -0.25) is 0 Å². The summed E-state index contributed by atoms with van der Waals surface area (Å²) in [6.07, 6.45) is 6.11. The molecular formula is C16H19ClN2S. The summed E-state index contributed by atoms with van der Waals surface area (Å²) in [5.41, 5.74) is 2.08. The number of hydrogen-bond donors (Lipinski definition) is 1. The number of halogens is 1. The van der Waals surface area contributed by atoms with E-state index >= 15 is 0 Å². The monoisotopic (exact) mass is 306 g/mol. The third-order valence-electron chi connectivity index (χ3n) is 4.24. The molecule has 2 nitrogen and oxygen atoms in total. The van der Waals surface area contributed by atoms with Gasteiger partial charge in [-0.15, -0.1) is 0 Å². The van der Waals surface area contributed by atoms with E-state index in [2.05, 4.69) is 11.9 Å². The van der Waals surface area contributed by atoms with Gasteiger partial charge in [-0.1, -0.05) is 55.3 Å². The summed E-state index contributed by atoms with van der Waals surface area (Å²) >= 11 is 7.85. The normalized spacial score (nSPS) is 21.1. The SMILES string of the molecule is C=C1SC(Nc2cccc(Cl)c2C)=NC12CCCCC2. The largest absolute Gasteiger partial charge is 0.334 e. The summed E-state index contributed by atoms with van der Waals surface area (Å²) in [5, 5.41) is 5.16. The summed E-state index contributed by atoms with van der Waals surface area (Å²) in [6.45, 7) is 6.27. The number of aliphatic imine (C=N–C) groups is 1. The number of thioether (sulfide) groups is 1. The molecule has 1 aromatic rings. The van der Waals surface area contributed by atoms with Gasteiger partial charge in [-0.05, 0) is 37.5 Å². The lowest BCUT2D eigenvalue weighted by atomic mass is 9.82. The fourth-order valence-electron chi connectivity index (χ4n) is 2.93. The van der Waals surface area contributed by atoms with Gasteiger partial charge in [0.05, 0.1) is 5.54 Å². The minimum absolute atomic E-state index is 0.0161. The maximum absolute atomic E-state index is 6.17. The van der Waals surface area contributed by atoms with Crippen molar-refractivity contribution < 1.29 is 0 Å². The van der Waals surface area contributed by atoms with Crippen LogP contribution in [-0.4, -0.2) is 10.7 Å². The molecule has 4 heteroatoms.